The Morgan fingerprint density at radius 1 is 0.410 bits per heavy atom. The van der Waals surface area contributed by atoms with Crippen LogP contribution in [0.3, 0.4) is 0 Å². The van der Waals surface area contributed by atoms with Crippen molar-refractivity contribution in [2.75, 3.05) is 58.4 Å². The second-order valence-electron chi connectivity index (χ2n) is 15.8. The minimum absolute atomic E-state index is 0.412. The maximum absolute atomic E-state index is 6.29. The van der Waals surface area contributed by atoms with E-state index >= 15 is 0 Å². The number of hydrogen-bond donors (Lipinski definition) is 1. The summed E-state index contributed by atoms with van der Waals surface area (Å²) in [4.78, 5) is 32.2. The zero-order valence-corrected chi connectivity index (χ0v) is 33.3. The van der Waals surface area contributed by atoms with Crippen molar-refractivity contribution in [2.45, 2.75) is 27.7 Å². The topological polar surface area (TPSA) is 170 Å². The second kappa shape index (κ2) is 11.6. The van der Waals surface area contributed by atoms with E-state index < -0.39 is 0 Å². The Kier molecular flexibility index (Phi) is 6.32. The van der Waals surface area contributed by atoms with E-state index in [1.54, 1.807) is 0 Å². The first-order valence-corrected chi connectivity index (χ1v) is 20.3. The van der Waals surface area contributed by atoms with Gasteiger partial charge in [0.25, 0.3) is 0 Å². The number of aromatic nitrogens is 2. The molecule has 0 unspecified atom stereocenters. The zero-order valence-electron chi connectivity index (χ0n) is 33.3. The van der Waals surface area contributed by atoms with E-state index in [9.17, 15) is 0 Å². The molecule has 2 aromatic heterocycles. The molecule has 10 heterocycles. The molecule has 0 aliphatic carbocycles. The molecule has 0 saturated heterocycles. The van der Waals surface area contributed by atoms with Gasteiger partial charge in [-0.1, -0.05) is 0 Å². The average Bonchev–Trinajstić information content (AvgIpc) is 3.97. The van der Waals surface area contributed by atoms with Gasteiger partial charge in [-0.3, -0.25) is 0 Å². The largest absolute Gasteiger partial charge is 0.486 e. The standard InChI is InChI=1S/C44H33N9O8/c1-17-29-21(13-25-33(17)58-9-5-54-25)37-45-39(29)49-41-23-15-27-35(60-11-7-56-27)19(3)31(23)44-48-38-22-14-26-34(59-10-6-55-26)18(2)30(22)40(46-38)50-42-24-16-28-36(61-12-8-57-28)20(4)32(24)43(47-37)53(42)51-52(41)44/h13-16,51H,5-12H2,1-4H3/b47-37-,47-43?,48-38?,48-44-,49-39?,49-41-,50-40-,50-42?. The minimum Gasteiger partial charge on any atom is -0.486 e. The Hall–Kier alpha value is -7.56. The van der Waals surface area contributed by atoms with Crippen LogP contribution in [-0.4, -0.2) is 85.5 Å². The minimum atomic E-state index is 0.412. The number of fused-ring (bicyclic) bond motifs is 18. The first kappa shape index (κ1) is 33.3. The maximum atomic E-state index is 6.29. The van der Waals surface area contributed by atoms with Crippen LogP contribution in [0.25, 0.3) is 21.5 Å². The number of benzene rings is 4. The Bertz CT molecular complexity index is 3410. The number of rotatable bonds is 0. The van der Waals surface area contributed by atoms with Gasteiger partial charge >= 0.3 is 0 Å². The van der Waals surface area contributed by atoms with Gasteiger partial charge in [0.05, 0.1) is 0 Å². The van der Waals surface area contributed by atoms with Gasteiger partial charge in [-0.05, 0) is 52.0 Å². The number of nitrogens with zero attached hydrogens (tertiary/aromatic N) is 8. The molecule has 61 heavy (non-hydrogen) atoms. The highest BCUT2D eigenvalue weighted by molar-refractivity contribution is 6.26. The Labute approximate surface area is 344 Å². The van der Waals surface area contributed by atoms with Crippen LogP contribution in [0.1, 0.15) is 44.5 Å². The van der Waals surface area contributed by atoms with Crippen LogP contribution < -0.4 is 54.4 Å². The molecule has 0 spiro atoms. The summed E-state index contributed by atoms with van der Waals surface area (Å²) in [5.41, 5.74) is 11.2. The fourth-order valence-corrected chi connectivity index (χ4v) is 9.82. The van der Waals surface area contributed by atoms with Gasteiger partial charge in [-0.25, -0.2) is 44.8 Å². The number of ether oxygens (including phenoxy) is 8. The lowest BCUT2D eigenvalue weighted by Crippen LogP contribution is -2.39. The van der Waals surface area contributed by atoms with E-state index in [0.717, 1.165) is 66.1 Å². The van der Waals surface area contributed by atoms with Gasteiger partial charge in [0.2, 0.25) is 0 Å². The zero-order chi connectivity index (χ0) is 40.4. The molecular weight excluding hydrogens is 783 g/mol. The van der Waals surface area contributed by atoms with E-state index in [1.807, 2.05) is 61.3 Å². The van der Waals surface area contributed by atoms with Crippen LogP contribution in [0.2, 0.25) is 0 Å². The normalized spacial score (nSPS) is 20.7. The first-order chi connectivity index (χ1) is 29.9. The van der Waals surface area contributed by atoms with Crippen LogP contribution in [0.15, 0.2) is 54.2 Å². The van der Waals surface area contributed by atoms with Crippen molar-refractivity contribution in [3.8, 4) is 46.0 Å². The molecule has 4 aromatic carbocycles. The number of nitrogens with one attached hydrogen (secondary N) is 1. The number of amidine groups is 4. The first-order valence-electron chi connectivity index (χ1n) is 20.3. The molecule has 0 saturated carbocycles. The second-order valence-corrected chi connectivity index (χ2v) is 15.8. The third kappa shape index (κ3) is 4.29. The summed E-state index contributed by atoms with van der Waals surface area (Å²) in [5.74, 6) is 7.91. The highest BCUT2D eigenvalue weighted by Crippen LogP contribution is 2.50. The quantitative estimate of drug-likeness (QED) is 0.225. The molecule has 0 atom stereocenters. The van der Waals surface area contributed by atoms with Gasteiger partial charge in [0.1, 0.15) is 52.9 Å². The van der Waals surface area contributed by atoms with Crippen molar-refractivity contribution >= 4 is 56.5 Å². The molecule has 14 rings (SSSR count). The van der Waals surface area contributed by atoms with Crippen molar-refractivity contribution < 1.29 is 37.9 Å². The van der Waals surface area contributed by atoms with Gasteiger partial charge in [-0.15, -0.1) is 0 Å². The van der Waals surface area contributed by atoms with Gasteiger partial charge < -0.3 is 37.9 Å². The van der Waals surface area contributed by atoms with E-state index in [0.29, 0.717) is 145 Å². The molecular formula is C44H33N9O8. The SMILES string of the molecule is Cc1c2c(cc3c1C1=NC/3=N\c3c4c(C)c5c(cc4c4n3Nn3/c(c6cc7c(c(C)c6/c3=N/C3=NC(=N\4)/c4c3cc3c(c4C)OCCO3)OCCO7)=N\1)OCCO5)OCCO2. The van der Waals surface area contributed by atoms with Gasteiger partial charge in [-0.2, -0.15) is 0 Å². The Balaban J connectivity index is 1.20. The third-order valence-electron chi connectivity index (χ3n) is 12.5. The molecule has 0 fully saturated rings. The number of aliphatic imine (C=N–C) groups is 4. The molecule has 6 aromatic rings. The molecule has 1 N–H and O–H groups in total. The molecule has 17 nitrogen and oxygen atoms in total. The van der Waals surface area contributed by atoms with Gasteiger partial charge in [0.15, 0.2) is 91.9 Å². The Morgan fingerprint density at radius 2 is 0.852 bits per heavy atom. The molecule has 0 radical (unpaired) electrons. The van der Waals surface area contributed by atoms with Crippen LogP contribution in [0, 0.1) is 27.7 Å². The third-order valence-corrected chi connectivity index (χ3v) is 12.5. The predicted molar refractivity (Wildman–Crippen MR) is 222 cm³/mol. The smallest absolute Gasteiger partial charge is 0.166 e. The maximum Gasteiger partial charge on any atom is 0.166 e. The molecule has 6 bridgehead atoms. The fraction of sp³-hybridized carbons (Fsp3) is 0.273. The van der Waals surface area contributed by atoms with E-state index in [2.05, 4.69) is 5.53 Å². The van der Waals surface area contributed by atoms with Crippen LogP contribution in [0.4, 0.5) is 11.6 Å². The summed E-state index contributed by atoms with van der Waals surface area (Å²) in [5, 5.41) is 3.08. The molecule has 302 valence electrons. The molecule has 8 aliphatic rings. The monoisotopic (exact) mass is 815 g/mol. The summed E-state index contributed by atoms with van der Waals surface area (Å²) < 4.78 is 53.5. The molecule has 17 heteroatoms. The summed E-state index contributed by atoms with van der Waals surface area (Å²) >= 11 is 0. The Morgan fingerprint density at radius 3 is 1.46 bits per heavy atom. The van der Waals surface area contributed by atoms with E-state index in [1.165, 1.54) is 0 Å². The van der Waals surface area contributed by atoms with Crippen LogP contribution in [-0.2, 0) is 0 Å². The summed E-state index contributed by atoms with van der Waals surface area (Å²) in [6.07, 6.45) is 0. The lowest BCUT2D eigenvalue weighted by Gasteiger charge is -2.22. The van der Waals surface area contributed by atoms with Crippen molar-refractivity contribution in [1.29, 1.82) is 0 Å². The summed E-state index contributed by atoms with van der Waals surface area (Å²) in [6, 6.07) is 7.85. The number of aryl methyl sites for hydroxylation is 2. The molecule has 0 amide bonds. The fourth-order valence-electron chi connectivity index (χ4n) is 9.82. The number of hydrogen-bond acceptors (Lipinski definition) is 15. The molecule has 8 aliphatic heterocycles. The summed E-state index contributed by atoms with van der Waals surface area (Å²) in [6.45, 7) is 11.4. The highest BCUT2D eigenvalue weighted by atomic mass is 16.6. The predicted octanol–water partition coefficient (Wildman–Crippen LogP) is 4.86. The van der Waals surface area contributed by atoms with E-state index in [4.69, 9.17) is 67.8 Å². The van der Waals surface area contributed by atoms with Crippen LogP contribution >= 0.6 is 0 Å². The van der Waals surface area contributed by atoms with Crippen molar-refractivity contribution in [3.05, 3.63) is 79.7 Å². The lowest BCUT2D eigenvalue weighted by atomic mass is 10.00. The van der Waals surface area contributed by atoms with Crippen molar-refractivity contribution in [1.82, 2.24) is 9.35 Å². The van der Waals surface area contributed by atoms with Crippen molar-refractivity contribution in [3.63, 3.8) is 0 Å². The lowest BCUT2D eigenvalue weighted by molar-refractivity contribution is 0.170. The van der Waals surface area contributed by atoms with Crippen molar-refractivity contribution in [2.24, 2.45) is 30.0 Å². The van der Waals surface area contributed by atoms with E-state index in [-0.39, 0.29) is 0 Å². The van der Waals surface area contributed by atoms with Crippen LogP contribution in [0.5, 0.6) is 46.0 Å². The highest BCUT2D eigenvalue weighted by Gasteiger charge is 2.37. The van der Waals surface area contributed by atoms with Gasteiger partial charge in [0, 0.05) is 66.1 Å². The summed E-state index contributed by atoms with van der Waals surface area (Å²) in [7, 11) is 0. The average molecular weight is 816 g/mol.